The van der Waals surface area contributed by atoms with Crippen LogP contribution < -0.4 is 10.9 Å². The predicted octanol–water partition coefficient (Wildman–Crippen LogP) is 1.99. The van der Waals surface area contributed by atoms with E-state index in [4.69, 9.17) is 0 Å². The van der Waals surface area contributed by atoms with Crippen LogP contribution in [0.25, 0.3) is 10.9 Å². The Balaban J connectivity index is 1.29. The lowest BCUT2D eigenvalue weighted by Gasteiger charge is -2.33. The minimum absolute atomic E-state index is 0.00262. The Morgan fingerprint density at radius 3 is 2.48 bits per heavy atom. The van der Waals surface area contributed by atoms with Crippen molar-refractivity contribution in [3.05, 3.63) is 70.3 Å². The van der Waals surface area contributed by atoms with Crippen molar-refractivity contribution in [2.75, 3.05) is 38.0 Å². The molecule has 0 bridgehead atoms. The van der Waals surface area contributed by atoms with Crippen LogP contribution in [0.1, 0.15) is 11.4 Å². The Labute approximate surface area is 169 Å². The minimum atomic E-state index is -0.1000. The second-order valence-corrected chi connectivity index (χ2v) is 7.50. The van der Waals surface area contributed by atoms with E-state index in [0.29, 0.717) is 24.3 Å². The monoisotopic (exact) mass is 391 g/mol. The van der Waals surface area contributed by atoms with Crippen LogP contribution in [0.2, 0.25) is 0 Å². The number of para-hydroxylation sites is 1. The molecule has 0 aliphatic carbocycles. The zero-order chi connectivity index (χ0) is 20.2. The van der Waals surface area contributed by atoms with Crippen LogP contribution in [0.15, 0.2) is 53.3 Å². The number of benzene rings is 2. The second-order valence-electron chi connectivity index (χ2n) is 7.50. The lowest BCUT2D eigenvalue weighted by Crippen LogP contribution is -2.48. The molecule has 0 unspecified atom stereocenters. The third-order valence-electron chi connectivity index (χ3n) is 5.20. The summed E-state index contributed by atoms with van der Waals surface area (Å²) in [5.74, 6) is 0.682. The van der Waals surface area contributed by atoms with Gasteiger partial charge in [-0.1, -0.05) is 29.8 Å². The Kier molecular flexibility index (Phi) is 5.69. The molecule has 1 saturated heterocycles. The highest BCUT2D eigenvalue weighted by Crippen LogP contribution is 2.11. The van der Waals surface area contributed by atoms with Crippen molar-refractivity contribution in [3.63, 3.8) is 0 Å². The van der Waals surface area contributed by atoms with Crippen molar-refractivity contribution < 1.29 is 4.79 Å². The number of aryl methyl sites for hydroxylation is 1. The molecule has 1 fully saturated rings. The summed E-state index contributed by atoms with van der Waals surface area (Å²) in [5.41, 5.74) is 2.61. The first kappa shape index (κ1) is 19.3. The molecule has 1 aliphatic heterocycles. The zero-order valence-electron chi connectivity index (χ0n) is 16.5. The van der Waals surface area contributed by atoms with Crippen LogP contribution >= 0.6 is 0 Å². The van der Waals surface area contributed by atoms with Crippen molar-refractivity contribution in [1.29, 1.82) is 0 Å². The Morgan fingerprint density at radius 2 is 1.72 bits per heavy atom. The van der Waals surface area contributed by atoms with Crippen LogP contribution in [0.3, 0.4) is 0 Å². The summed E-state index contributed by atoms with van der Waals surface area (Å²) < 4.78 is 0. The SMILES string of the molecule is Cc1ccc(NC(=O)CN2CCN(Cc3nc4ccccc4c(=O)[nH]3)CC2)cc1. The molecule has 2 heterocycles. The van der Waals surface area contributed by atoms with Gasteiger partial charge < -0.3 is 10.3 Å². The molecule has 0 atom stereocenters. The van der Waals surface area contributed by atoms with Crippen LogP contribution in [0.4, 0.5) is 5.69 Å². The summed E-state index contributed by atoms with van der Waals surface area (Å²) in [6.07, 6.45) is 0. The quantitative estimate of drug-likeness (QED) is 0.695. The Bertz CT molecular complexity index is 1050. The van der Waals surface area contributed by atoms with Gasteiger partial charge >= 0.3 is 0 Å². The number of hydrogen-bond donors (Lipinski definition) is 2. The van der Waals surface area contributed by atoms with Crippen LogP contribution in [-0.4, -0.2) is 58.4 Å². The van der Waals surface area contributed by atoms with Crippen molar-refractivity contribution in [2.24, 2.45) is 0 Å². The number of aromatic amines is 1. The molecule has 1 aromatic heterocycles. The molecule has 0 saturated carbocycles. The van der Waals surface area contributed by atoms with Gasteiger partial charge in [-0.2, -0.15) is 0 Å². The number of amides is 1. The highest BCUT2D eigenvalue weighted by molar-refractivity contribution is 5.92. The van der Waals surface area contributed by atoms with E-state index in [1.54, 1.807) is 6.07 Å². The average molecular weight is 391 g/mol. The molecule has 29 heavy (non-hydrogen) atoms. The summed E-state index contributed by atoms with van der Waals surface area (Å²) in [6.45, 7) is 6.27. The zero-order valence-corrected chi connectivity index (χ0v) is 16.5. The van der Waals surface area contributed by atoms with Gasteiger partial charge in [0.1, 0.15) is 5.82 Å². The van der Waals surface area contributed by atoms with Gasteiger partial charge in [0.2, 0.25) is 5.91 Å². The number of H-pyrrole nitrogens is 1. The molecule has 2 N–H and O–H groups in total. The van der Waals surface area contributed by atoms with Gasteiger partial charge in [0.05, 0.1) is 24.0 Å². The van der Waals surface area contributed by atoms with Crippen molar-refractivity contribution in [1.82, 2.24) is 19.8 Å². The van der Waals surface area contributed by atoms with E-state index >= 15 is 0 Å². The minimum Gasteiger partial charge on any atom is -0.325 e. The summed E-state index contributed by atoms with van der Waals surface area (Å²) in [7, 11) is 0. The maximum Gasteiger partial charge on any atom is 0.258 e. The fourth-order valence-corrected chi connectivity index (χ4v) is 3.57. The third-order valence-corrected chi connectivity index (χ3v) is 5.20. The molecule has 1 aliphatic rings. The molecule has 1 amide bonds. The smallest absolute Gasteiger partial charge is 0.258 e. The number of carbonyl (C=O) groups is 1. The summed E-state index contributed by atoms with van der Waals surface area (Å²) in [5, 5.41) is 3.56. The van der Waals surface area contributed by atoms with E-state index in [0.717, 1.165) is 37.4 Å². The molecular formula is C22H25N5O2. The molecule has 7 nitrogen and oxygen atoms in total. The number of nitrogens with one attached hydrogen (secondary N) is 2. The van der Waals surface area contributed by atoms with E-state index < -0.39 is 0 Å². The molecule has 0 spiro atoms. The molecule has 2 aromatic carbocycles. The van der Waals surface area contributed by atoms with E-state index in [9.17, 15) is 9.59 Å². The largest absolute Gasteiger partial charge is 0.325 e. The van der Waals surface area contributed by atoms with Crippen LogP contribution in [0, 0.1) is 6.92 Å². The fourth-order valence-electron chi connectivity index (χ4n) is 3.57. The normalized spacial score (nSPS) is 15.5. The summed E-state index contributed by atoms with van der Waals surface area (Å²) >= 11 is 0. The molecule has 4 rings (SSSR count). The highest BCUT2D eigenvalue weighted by Gasteiger charge is 2.20. The van der Waals surface area contributed by atoms with E-state index in [2.05, 4.69) is 25.1 Å². The lowest BCUT2D eigenvalue weighted by molar-refractivity contribution is -0.117. The molecule has 3 aromatic rings. The van der Waals surface area contributed by atoms with Gasteiger partial charge in [0, 0.05) is 31.9 Å². The highest BCUT2D eigenvalue weighted by atomic mass is 16.2. The van der Waals surface area contributed by atoms with Crippen molar-refractivity contribution >= 4 is 22.5 Å². The average Bonchev–Trinajstić information content (AvgIpc) is 2.71. The number of anilines is 1. The van der Waals surface area contributed by atoms with Gasteiger partial charge in [-0.3, -0.25) is 19.4 Å². The van der Waals surface area contributed by atoms with E-state index in [-0.39, 0.29) is 11.5 Å². The third kappa shape index (κ3) is 4.88. The first-order valence-electron chi connectivity index (χ1n) is 9.86. The fraction of sp³-hybridized carbons (Fsp3) is 0.318. The van der Waals surface area contributed by atoms with Gasteiger partial charge in [0.15, 0.2) is 0 Å². The lowest BCUT2D eigenvalue weighted by atomic mass is 10.2. The van der Waals surface area contributed by atoms with Crippen LogP contribution in [-0.2, 0) is 11.3 Å². The summed E-state index contributed by atoms with van der Waals surface area (Å²) in [4.78, 5) is 36.4. The predicted molar refractivity (Wildman–Crippen MR) is 114 cm³/mol. The number of piperazine rings is 1. The number of aromatic nitrogens is 2. The Morgan fingerprint density at radius 1 is 1.03 bits per heavy atom. The maximum absolute atomic E-state index is 12.3. The Hall–Kier alpha value is -3.03. The summed E-state index contributed by atoms with van der Waals surface area (Å²) in [6, 6.07) is 15.2. The molecule has 7 heteroatoms. The number of carbonyl (C=O) groups excluding carboxylic acids is 1. The molecule has 150 valence electrons. The molecule has 0 radical (unpaired) electrons. The van der Waals surface area contributed by atoms with Gasteiger partial charge in [-0.15, -0.1) is 0 Å². The number of fused-ring (bicyclic) bond motifs is 1. The second kappa shape index (κ2) is 8.55. The maximum atomic E-state index is 12.3. The van der Waals surface area contributed by atoms with Gasteiger partial charge in [0.25, 0.3) is 5.56 Å². The number of hydrogen-bond acceptors (Lipinski definition) is 5. The van der Waals surface area contributed by atoms with Crippen LogP contribution in [0.5, 0.6) is 0 Å². The van der Waals surface area contributed by atoms with Gasteiger partial charge in [-0.25, -0.2) is 4.98 Å². The van der Waals surface area contributed by atoms with E-state index in [1.165, 1.54) is 5.56 Å². The number of nitrogens with zero attached hydrogens (tertiary/aromatic N) is 3. The number of rotatable bonds is 5. The van der Waals surface area contributed by atoms with Crippen molar-refractivity contribution in [3.8, 4) is 0 Å². The molecular weight excluding hydrogens is 366 g/mol. The van der Waals surface area contributed by atoms with Gasteiger partial charge in [-0.05, 0) is 31.2 Å². The topological polar surface area (TPSA) is 81.3 Å². The van der Waals surface area contributed by atoms with E-state index in [1.807, 2.05) is 49.4 Å². The first-order valence-corrected chi connectivity index (χ1v) is 9.86. The standard InChI is InChI=1S/C22H25N5O2/c1-16-6-8-17(9-7-16)23-21(28)15-27-12-10-26(11-13-27)14-20-24-19-5-3-2-4-18(19)22(29)25-20/h2-9H,10-15H2,1H3,(H,23,28)(H,24,25,29). The first-order chi connectivity index (χ1) is 14.1. The van der Waals surface area contributed by atoms with Crippen molar-refractivity contribution in [2.45, 2.75) is 13.5 Å².